The fraction of sp³-hybridized carbons (Fsp3) is 0.476. The summed E-state index contributed by atoms with van der Waals surface area (Å²) in [7, 11) is 0. The highest BCUT2D eigenvalue weighted by Gasteiger charge is 2.30. The molecule has 0 N–H and O–H groups in total. The summed E-state index contributed by atoms with van der Waals surface area (Å²) >= 11 is 0. The van der Waals surface area contributed by atoms with Crippen LogP contribution in [0.25, 0.3) is 22.4 Å². The number of para-hydroxylation sites is 1. The van der Waals surface area contributed by atoms with Gasteiger partial charge in [0.2, 0.25) is 0 Å². The molecule has 160 valence electrons. The number of fused-ring (bicyclic) bond motifs is 1. The molecule has 0 spiro atoms. The molecule has 4 rings (SSSR count). The molecule has 1 fully saturated rings. The van der Waals surface area contributed by atoms with Crippen LogP contribution in [0.2, 0.25) is 0 Å². The van der Waals surface area contributed by atoms with Crippen LogP contribution < -0.4 is 0 Å². The topological polar surface area (TPSA) is 62.1 Å². The lowest BCUT2D eigenvalue weighted by atomic mass is 9.94. The predicted octanol–water partition coefficient (Wildman–Crippen LogP) is 4.35. The van der Waals surface area contributed by atoms with Gasteiger partial charge in [0.15, 0.2) is 5.82 Å². The number of nitrogens with zero attached hydrogens (tertiary/aromatic N) is 4. The highest BCUT2D eigenvalue weighted by Crippen LogP contribution is 2.31. The highest BCUT2D eigenvalue weighted by molar-refractivity contribution is 5.80. The minimum absolute atomic E-state index is 0.0167. The molecule has 0 bridgehead atoms. The van der Waals surface area contributed by atoms with Crippen LogP contribution in [0.4, 0.5) is 13.2 Å². The number of aromatic nitrogens is 4. The molecule has 30 heavy (non-hydrogen) atoms. The Morgan fingerprint density at radius 3 is 2.80 bits per heavy atom. The summed E-state index contributed by atoms with van der Waals surface area (Å²) in [4.78, 5) is 9.36. The molecule has 9 heteroatoms. The van der Waals surface area contributed by atoms with Crippen molar-refractivity contribution in [1.82, 2.24) is 19.7 Å². The van der Waals surface area contributed by atoms with Crippen LogP contribution in [-0.2, 0) is 16.0 Å². The van der Waals surface area contributed by atoms with Gasteiger partial charge >= 0.3 is 6.18 Å². The lowest BCUT2D eigenvalue weighted by Gasteiger charge is -2.28. The van der Waals surface area contributed by atoms with E-state index in [1.54, 1.807) is 4.68 Å². The number of benzene rings is 1. The van der Waals surface area contributed by atoms with Crippen molar-refractivity contribution in [3.8, 4) is 11.5 Å². The first-order chi connectivity index (χ1) is 14.4. The third kappa shape index (κ3) is 4.79. The average molecular weight is 420 g/mol. The molecule has 2 aromatic heterocycles. The summed E-state index contributed by atoms with van der Waals surface area (Å²) < 4.78 is 49.3. The summed E-state index contributed by atoms with van der Waals surface area (Å²) in [6.45, 7) is 1.47. The van der Waals surface area contributed by atoms with Gasteiger partial charge in [0.05, 0.1) is 24.8 Å². The van der Waals surface area contributed by atoms with Crippen molar-refractivity contribution in [3.63, 3.8) is 0 Å². The maximum absolute atomic E-state index is 12.4. The zero-order chi connectivity index (χ0) is 21.1. The van der Waals surface area contributed by atoms with Crippen LogP contribution in [0.1, 0.15) is 31.5 Å². The number of alkyl halides is 3. The van der Waals surface area contributed by atoms with Gasteiger partial charge in [-0.2, -0.15) is 13.2 Å². The van der Waals surface area contributed by atoms with E-state index in [0.29, 0.717) is 23.9 Å². The van der Waals surface area contributed by atoms with Gasteiger partial charge in [0, 0.05) is 17.9 Å². The second kappa shape index (κ2) is 8.69. The molecular formula is C21H23F3N4O2. The Morgan fingerprint density at radius 1 is 1.17 bits per heavy atom. The van der Waals surface area contributed by atoms with Gasteiger partial charge in [-0.25, -0.2) is 14.6 Å². The zero-order valence-electron chi connectivity index (χ0n) is 16.6. The third-order valence-electron chi connectivity index (χ3n) is 5.18. The van der Waals surface area contributed by atoms with Gasteiger partial charge in [-0.15, -0.1) is 5.10 Å². The first kappa shape index (κ1) is 20.7. The van der Waals surface area contributed by atoms with Gasteiger partial charge < -0.3 is 9.47 Å². The molecule has 3 heterocycles. The lowest BCUT2D eigenvalue weighted by Crippen LogP contribution is -2.28. The van der Waals surface area contributed by atoms with Crippen LogP contribution in [0, 0.1) is 0 Å². The van der Waals surface area contributed by atoms with Crippen molar-refractivity contribution in [1.29, 1.82) is 0 Å². The Balaban J connectivity index is 1.62. The SMILES string of the molecule is C[C@@H]1OCCC[C@@H]1c1nc(-c2ccc3ccccc3n2)nn1CCOCC(F)(F)F. The smallest absolute Gasteiger partial charge is 0.378 e. The summed E-state index contributed by atoms with van der Waals surface area (Å²) in [6.07, 6.45) is -2.61. The Morgan fingerprint density at radius 2 is 2.00 bits per heavy atom. The molecule has 1 aromatic carbocycles. The van der Waals surface area contributed by atoms with E-state index in [0.717, 1.165) is 23.7 Å². The molecule has 0 amide bonds. The van der Waals surface area contributed by atoms with E-state index >= 15 is 0 Å². The molecule has 2 atom stereocenters. The molecule has 0 aliphatic carbocycles. The first-order valence-corrected chi connectivity index (χ1v) is 9.98. The van der Waals surface area contributed by atoms with E-state index in [2.05, 4.69) is 10.1 Å². The van der Waals surface area contributed by atoms with E-state index < -0.39 is 12.8 Å². The Labute approximate surface area is 172 Å². The Kier molecular flexibility index (Phi) is 6.01. The number of ether oxygens (including phenoxy) is 2. The fourth-order valence-electron chi connectivity index (χ4n) is 3.69. The quantitative estimate of drug-likeness (QED) is 0.555. The minimum atomic E-state index is -4.35. The molecule has 1 saturated heterocycles. The van der Waals surface area contributed by atoms with Crippen LogP contribution in [-0.4, -0.2) is 51.8 Å². The van der Waals surface area contributed by atoms with E-state index in [9.17, 15) is 13.2 Å². The van der Waals surface area contributed by atoms with Crippen LogP contribution in [0.15, 0.2) is 36.4 Å². The standard InChI is InChI=1S/C21H23F3N4O2/c1-14-16(6-4-11-30-14)20-26-19(27-28(20)10-12-29-13-21(22,23)24)18-9-8-15-5-2-3-7-17(15)25-18/h2-3,5,7-9,14,16H,4,6,10-13H2,1H3/t14-,16-/m0/s1. The van der Waals surface area contributed by atoms with Gasteiger partial charge in [0.25, 0.3) is 0 Å². The summed E-state index contributed by atoms with van der Waals surface area (Å²) in [6, 6.07) is 11.6. The van der Waals surface area contributed by atoms with Crippen molar-refractivity contribution in [2.75, 3.05) is 19.8 Å². The minimum Gasteiger partial charge on any atom is -0.378 e. The van der Waals surface area contributed by atoms with Gasteiger partial charge in [-0.05, 0) is 31.9 Å². The third-order valence-corrected chi connectivity index (χ3v) is 5.18. The molecule has 1 aliphatic rings. The number of hydrogen-bond acceptors (Lipinski definition) is 5. The summed E-state index contributed by atoms with van der Waals surface area (Å²) in [5, 5.41) is 5.57. The van der Waals surface area contributed by atoms with E-state index in [1.807, 2.05) is 43.3 Å². The maximum atomic E-state index is 12.4. The maximum Gasteiger partial charge on any atom is 0.411 e. The molecular weight excluding hydrogens is 397 g/mol. The van der Waals surface area contributed by atoms with Crippen molar-refractivity contribution < 1.29 is 22.6 Å². The summed E-state index contributed by atoms with van der Waals surface area (Å²) in [5.41, 5.74) is 1.45. The second-order valence-corrected chi connectivity index (χ2v) is 7.40. The fourth-order valence-corrected chi connectivity index (χ4v) is 3.69. The zero-order valence-corrected chi connectivity index (χ0v) is 16.6. The number of pyridine rings is 1. The average Bonchev–Trinajstić information content (AvgIpc) is 3.14. The second-order valence-electron chi connectivity index (χ2n) is 7.40. The van der Waals surface area contributed by atoms with Crippen molar-refractivity contribution in [3.05, 3.63) is 42.2 Å². The Bertz CT molecular complexity index is 1010. The Hall–Kier alpha value is -2.52. The molecule has 0 unspecified atom stereocenters. The van der Waals surface area contributed by atoms with Crippen LogP contribution in [0.5, 0.6) is 0 Å². The first-order valence-electron chi connectivity index (χ1n) is 9.98. The number of hydrogen-bond donors (Lipinski definition) is 0. The monoisotopic (exact) mass is 420 g/mol. The lowest BCUT2D eigenvalue weighted by molar-refractivity contribution is -0.174. The van der Waals surface area contributed by atoms with Gasteiger partial charge in [0.1, 0.15) is 18.1 Å². The highest BCUT2D eigenvalue weighted by atomic mass is 19.4. The van der Waals surface area contributed by atoms with E-state index in [1.165, 1.54) is 0 Å². The normalized spacial score (nSPS) is 20.0. The summed E-state index contributed by atoms with van der Waals surface area (Å²) in [5.74, 6) is 1.16. The van der Waals surface area contributed by atoms with Gasteiger partial charge in [-0.3, -0.25) is 0 Å². The number of rotatable bonds is 6. The molecule has 1 aliphatic heterocycles. The molecule has 0 saturated carbocycles. The molecule has 6 nitrogen and oxygen atoms in total. The van der Waals surface area contributed by atoms with Crippen molar-refractivity contribution >= 4 is 10.9 Å². The molecule has 3 aromatic rings. The van der Waals surface area contributed by atoms with Crippen LogP contribution in [0.3, 0.4) is 0 Å². The van der Waals surface area contributed by atoms with E-state index in [4.69, 9.17) is 14.5 Å². The van der Waals surface area contributed by atoms with Crippen molar-refractivity contribution in [2.45, 2.75) is 44.5 Å². The van der Waals surface area contributed by atoms with Crippen LogP contribution >= 0.6 is 0 Å². The molecule has 0 radical (unpaired) electrons. The largest absolute Gasteiger partial charge is 0.411 e. The predicted molar refractivity (Wildman–Crippen MR) is 105 cm³/mol. The number of halogens is 3. The van der Waals surface area contributed by atoms with Gasteiger partial charge in [-0.1, -0.05) is 24.3 Å². The van der Waals surface area contributed by atoms with E-state index in [-0.39, 0.29) is 25.2 Å². The van der Waals surface area contributed by atoms with Crippen molar-refractivity contribution in [2.24, 2.45) is 0 Å².